The van der Waals surface area contributed by atoms with E-state index < -0.39 is 23.7 Å². The number of anilines is 1. The highest BCUT2D eigenvalue weighted by Crippen LogP contribution is 2.21. The minimum atomic E-state index is -1.50. The van der Waals surface area contributed by atoms with Crippen LogP contribution >= 0.6 is 0 Å². The van der Waals surface area contributed by atoms with Gasteiger partial charge in [0.15, 0.2) is 0 Å². The first-order chi connectivity index (χ1) is 9.23. The van der Waals surface area contributed by atoms with Gasteiger partial charge in [-0.25, -0.2) is 9.59 Å². The molecule has 0 saturated carbocycles. The highest BCUT2D eigenvalue weighted by atomic mass is 16.6. The second kappa shape index (κ2) is 6.14. The zero-order valence-corrected chi connectivity index (χ0v) is 11.4. The number of amides is 1. The smallest absolute Gasteiger partial charge is 0.412 e. The van der Waals surface area contributed by atoms with Gasteiger partial charge in [0, 0.05) is 5.69 Å². The number of nitrogens with zero attached hydrogens (tertiary/aromatic N) is 1. The molecule has 0 aliphatic heterocycles. The Hall–Kier alpha value is -2.44. The number of rotatable bonds is 4. The lowest BCUT2D eigenvalue weighted by molar-refractivity contribution is -0.138. The molecule has 20 heavy (non-hydrogen) atoms. The normalized spacial score (nSPS) is 12.3. The van der Waals surface area contributed by atoms with Crippen molar-refractivity contribution in [2.24, 2.45) is 5.18 Å². The second-order valence-corrected chi connectivity index (χ2v) is 5.10. The Bertz CT molecular complexity index is 522. The van der Waals surface area contributed by atoms with Gasteiger partial charge in [0.2, 0.25) is 6.04 Å². The maximum Gasteiger partial charge on any atom is 0.412 e. The van der Waals surface area contributed by atoms with E-state index in [2.05, 4.69) is 10.5 Å². The van der Waals surface area contributed by atoms with Crippen LogP contribution in [-0.2, 0) is 9.53 Å². The number of nitrogens with one attached hydrogen (secondary N) is 1. The quantitative estimate of drug-likeness (QED) is 0.825. The summed E-state index contributed by atoms with van der Waals surface area (Å²) >= 11 is 0. The summed E-state index contributed by atoms with van der Waals surface area (Å²) in [5.41, 5.74) is -0.136. The molecule has 1 atom stereocenters. The molecule has 0 aliphatic carbocycles. The van der Waals surface area contributed by atoms with Crippen LogP contribution in [0.25, 0.3) is 0 Å². The summed E-state index contributed by atoms with van der Waals surface area (Å²) in [4.78, 5) is 32.9. The maximum absolute atomic E-state index is 11.6. The number of nitroso groups, excluding NO2 is 1. The third kappa shape index (κ3) is 4.68. The standard InChI is InChI=1S/C13H16N2O5/c1-13(2,3)20-12(18)14-9-6-4-5-8(7-9)10(15-19)11(16)17/h4-7,10H,1-3H3,(H,14,18)(H,16,17). The molecule has 1 rings (SSSR count). The van der Waals surface area contributed by atoms with E-state index in [1.54, 1.807) is 26.8 Å². The monoisotopic (exact) mass is 280 g/mol. The van der Waals surface area contributed by atoms with Crippen LogP contribution in [0.2, 0.25) is 0 Å². The SMILES string of the molecule is CC(C)(C)OC(=O)Nc1cccc(C(N=O)C(=O)O)c1. The topological polar surface area (TPSA) is 105 Å². The number of benzene rings is 1. The van der Waals surface area contributed by atoms with Crippen LogP contribution in [0, 0.1) is 4.91 Å². The maximum atomic E-state index is 11.6. The Balaban J connectivity index is 2.86. The summed E-state index contributed by atoms with van der Waals surface area (Å²) in [6, 6.07) is 4.38. The van der Waals surface area contributed by atoms with Gasteiger partial charge in [-0.1, -0.05) is 12.1 Å². The molecule has 7 nitrogen and oxygen atoms in total. The molecule has 0 radical (unpaired) electrons. The number of hydrogen-bond donors (Lipinski definition) is 2. The van der Waals surface area contributed by atoms with E-state index >= 15 is 0 Å². The Kier molecular flexibility index (Phi) is 4.79. The van der Waals surface area contributed by atoms with E-state index in [4.69, 9.17) is 9.84 Å². The van der Waals surface area contributed by atoms with E-state index in [0.717, 1.165) is 0 Å². The van der Waals surface area contributed by atoms with Crippen molar-refractivity contribution in [1.82, 2.24) is 0 Å². The van der Waals surface area contributed by atoms with Crippen molar-refractivity contribution < 1.29 is 19.4 Å². The van der Waals surface area contributed by atoms with Gasteiger partial charge >= 0.3 is 12.1 Å². The third-order valence-corrected chi connectivity index (χ3v) is 2.19. The minimum absolute atomic E-state index is 0.182. The highest BCUT2D eigenvalue weighted by molar-refractivity contribution is 5.85. The van der Waals surface area contributed by atoms with Gasteiger partial charge in [-0.05, 0) is 43.6 Å². The molecule has 1 unspecified atom stereocenters. The molecule has 0 saturated heterocycles. The van der Waals surface area contributed by atoms with Crippen molar-refractivity contribution in [2.75, 3.05) is 5.32 Å². The fraction of sp³-hybridized carbons (Fsp3) is 0.385. The molecule has 0 spiro atoms. The lowest BCUT2D eigenvalue weighted by Gasteiger charge is -2.19. The van der Waals surface area contributed by atoms with E-state index in [0.29, 0.717) is 5.69 Å². The van der Waals surface area contributed by atoms with Crippen LogP contribution in [0.15, 0.2) is 29.4 Å². The van der Waals surface area contributed by atoms with E-state index in [9.17, 15) is 14.5 Å². The van der Waals surface area contributed by atoms with Gasteiger partial charge in [0.05, 0.1) is 0 Å². The van der Waals surface area contributed by atoms with E-state index in [-0.39, 0.29) is 5.56 Å². The molecule has 0 heterocycles. The largest absolute Gasteiger partial charge is 0.479 e. The number of carboxylic acids is 1. The number of carbonyl (C=O) groups excluding carboxylic acids is 1. The van der Waals surface area contributed by atoms with Crippen LogP contribution in [0.3, 0.4) is 0 Å². The van der Waals surface area contributed by atoms with Gasteiger partial charge < -0.3 is 9.84 Å². The van der Waals surface area contributed by atoms with E-state index in [1.807, 2.05) is 0 Å². The lowest BCUT2D eigenvalue weighted by Crippen LogP contribution is -2.27. The molecule has 0 aromatic heterocycles. The predicted molar refractivity (Wildman–Crippen MR) is 72.5 cm³/mol. The molecule has 7 heteroatoms. The molecular weight excluding hydrogens is 264 g/mol. The summed E-state index contributed by atoms with van der Waals surface area (Å²) in [6.07, 6.45) is -0.666. The van der Waals surface area contributed by atoms with Crippen molar-refractivity contribution in [1.29, 1.82) is 0 Å². The average molecular weight is 280 g/mol. The van der Waals surface area contributed by atoms with Crippen LogP contribution in [0.5, 0.6) is 0 Å². The summed E-state index contributed by atoms with van der Waals surface area (Å²) in [5.74, 6) is -1.35. The first-order valence-corrected chi connectivity index (χ1v) is 5.88. The van der Waals surface area contributed by atoms with Crippen molar-refractivity contribution in [2.45, 2.75) is 32.4 Å². The molecule has 108 valence electrons. The van der Waals surface area contributed by atoms with Crippen LogP contribution in [0.4, 0.5) is 10.5 Å². The molecule has 1 aromatic rings. The molecule has 0 aliphatic rings. The summed E-state index contributed by atoms with van der Waals surface area (Å²) in [5, 5.41) is 13.8. The van der Waals surface area contributed by atoms with Crippen LogP contribution < -0.4 is 5.32 Å². The van der Waals surface area contributed by atoms with Gasteiger partial charge in [0.25, 0.3) is 0 Å². The molecule has 0 bridgehead atoms. The molecular formula is C13H16N2O5. The van der Waals surface area contributed by atoms with Gasteiger partial charge in [0.1, 0.15) is 5.60 Å². The summed E-state index contributed by atoms with van der Waals surface area (Å²) in [6.45, 7) is 5.17. The Labute approximate surface area is 115 Å². The number of hydrogen-bond acceptors (Lipinski definition) is 5. The van der Waals surface area contributed by atoms with Crippen molar-refractivity contribution in [3.8, 4) is 0 Å². The molecule has 2 N–H and O–H groups in total. The third-order valence-electron chi connectivity index (χ3n) is 2.19. The summed E-state index contributed by atoms with van der Waals surface area (Å²) < 4.78 is 5.06. The molecule has 0 fully saturated rings. The fourth-order valence-corrected chi connectivity index (χ4v) is 1.46. The molecule has 1 aromatic carbocycles. The average Bonchev–Trinajstić information content (AvgIpc) is 2.26. The van der Waals surface area contributed by atoms with Crippen LogP contribution in [0.1, 0.15) is 32.4 Å². The molecule has 1 amide bonds. The number of ether oxygens (including phenoxy) is 1. The van der Waals surface area contributed by atoms with Crippen molar-refractivity contribution >= 4 is 17.7 Å². The minimum Gasteiger partial charge on any atom is -0.479 e. The van der Waals surface area contributed by atoms with Gasteiger partial charge in [-0.2, -0.15) is 0 Å². The zero-order valence-electron chi connectivity index (χ0n) is 11.4. The second-order valence-electron chi connectivity index (χ2n) is 5.10. The lowest BCUT2D eigenvalue weighted by atomic mass is 10.1. The first-order valence-electron chi connectivity index (χ1n) is 5.88. The number of carbonyl (C=O) groups is 2. The van der Waals surface area contributed by atoms with Crippen molar-refractivity contribution in [3.63, 3.8) is 0 Å². The van der Waals surface area contributed by atoms with Gasteiger partial charge in [-0.3, -0.25) is 5.32 Å². The number of carboxylic acid groups (broad SMARTS) is 1. The fourth-order valence-electron chi connectivity index (χ4n) is 1.46. The zero-order chi connectivity index (χ0) is 15.3. The summed E-state index contributed by atoms with van der Waals surface area (Å²) in [7, 11) is 0. The number of aliphatic carboxylic acids is 1. The Morgan fingerprint density at radius 2 is 2.00 bits per heavy atom. The Morgan fingerprint density at radius 3 is 2.50 bits per heavy atom. The van der Waals surface area contributed by atoms with E-state index in [1.165, 1.54) is 18.2 Å². The van der Waals surface area contributed by atoms with Crippen LogP contribution in [-0.4, -0.2) is 22.8 Å². The van der Waals surface area contributed by atoms with Crippen molar-refractivity contribution in [3.05, 3.63) is 34.7 Å². The highest BCUT2D eigenvalue weighted by Gasteiger charge is 2.21. The first kappa shape index (κ1) is 15.6. The predicted octanol–water partition coefficient (Wildman–Crippen LogP) is 2.93. The Morgan fingerprint density at radius 1 is 1.35 bits per heavy atom. The van der Waals surface area contributed by atoms with Gasteiger partial charge in [-0.15, -0.1) is 4.91 Å².